The van der Waals surface area contributed by atoms with Crippen molar-refractivity contribution in [3.05, 3.63) is 29.0 Å². The molecule has 0 aliphatic heterocycles. The van der Waals surface area contributed by atoms with Crippen LogP contribution in [0, 0.1) is 0 Å². The van der Waals surface area contributed by atoms with Crippen molar-refractivity contribution in [3.63, 3.8) is 0 Å². The van der Waals surface area contributed by atoms with Crippen molar-refractivity contribution in [1.82, 2.24) is 9.62 Å². The Morgan fingerprint density at radius 2 is 2.32 bits per heavy atom. The molecule has 1 aliphatic rings. The molecule has 0 saturated heterocycles. The number of rotatable bonds is 8. The Morgan fingerprint density at radius 3 is 2.89 bits per heavy atom. The Bertz CT molecular complexity index is 533. The maximum Gasteiger partial charge on any atom is 0.244 e. The molecule has 0 bridgehead atoms. The number of thiophene rings is 1. The van der Waals surface area contributed by atoms with E-state index in [1.54, 1.807) is 12.1 Å². The minimum atomic E-state index is -3.40. The van der Waals surface area contributed by atoms with Crippen molar-refractivity contribution >= 4 is 21.4 Å². The van der Waals surface area contributed by atoms with Crippen molar-refractivity contribution in [1.29, 1.82) is 0 Å². The molecule has 0 unspecified atom stereocenters. The minimum absolute atomic E-state index is 0.351. The highest BCUT2D eigenvalue weighted by molar-refractivity contribution is 7.89. The molecule has 1 aromatic heterocycles. The highest BCUT2D eigenvalue weighted by Gasteiger charge is 2.27. The lowest BCUT2D eigenvalue weighted by atomic mass is 10.4. The lowest BCUT2D eigenvalue weighted by Crippen LogP contribution is -2.31. The molecule has 0 radical (unpaired) electrons. The molecule has 0 spiro atoms. The van der Waals surface area contributed by atoms with Crippen LogP contribution in [-0.4, -0.2) is 31.9 Å². The molecule has 6 heteroatoms. The maximum absolute atomic E-state index is 12.6. The van der Waals surface area contributed by atoms with Gasteiger partial charge in [0.15, 0.2) is 0 Å². The molecule has 0 amide bonds. The minimum Gasteiger partial charge on any atom is -0.309 e. The van der Waals surface area contributed by atoms with Gasteiger partial charge in [0.05, 0.1) is 4.90 Å². The highest BCUT2D eigenvalue weighted by Crippen LogP contribution is 2.27. The number of likely N-dealkylation sites (N-methyl/N-ethyl adjacent to an activating group) is 1. The van der Waals surface area contributed by atoms with Gasteiger partial charge in [-0.1, -0.05) is 13.0 Å². The van der Waals surface area contributed by atoms with Gasteiger partial charge in [-0.15, -0.1) is 17.9 Å². The van der Waals surface area contributed by atoms with Gasteiger partial charge in [0.2, 0.25) is 10.0 Å². The number of nitrogens with zero attached hydrogens (tertiary/aromatic N) is 1. The molecule has 0 atom stereocenters. The second kappa shape index (κ2) is 6.17. The average Bonchev–Trinajstić information content (AvgIpc) is 3.09. The third-order valence-electron chi connectivity index (χ3n) is 3.14. The van der Waals surface area contributed by atoms with Crippen LogP contribution in [0.15, 0.2) is 29.0 Å². The first kappa shape index (κ1) is 14.7. The Labute approximate surface area is 119 Å². The van der Waals surface area contributed by atoms with E-state index in [4.69, 9.17) is 0 Å². The van der Waals surface area contributed by atoms with Crippen LogP contribution in [0.4, 0.5) is 0 Å². The number of hydrogen-bond donors (Lipinski definition) is 1. The molecule has 2 rings (SSSR count). The summed E-state index contributed by atoms with van der Waals surface area (Å²) in [4.78, 5) is 1.34. The zero-order valence-electron chi connectivity index (χ0n) is 11.1. The van der Waals surface area contributed by atoms with Crippen molar-refractivity contribution in [3.8, 4) is 0 Å². The van der Waals surface area contributed by atoms with Gasteiger partial charge in [0.1, 0.15) is 0 Å². The number of sulfonamides is 1. The zero-order chi connectivity index (χ0) is 13.9. The fourth-order valence-corrected chi connectivity index (χ4v) is 4.68. The molecule has 1 fully saturated rings. The quantitative estimate of drug-likeness (QED) is 0.749. The molecular weight excluding hydrogens is 280 g/mol. The Hall–Kier alpha value is -0.690. The average molecular weight is 300 g/mol. The first-order chi connectivity index (χ1) is 9.09. The van der Waals surface area contributed by atoms with Crippen molar-refractivity contribution in [2.24, 2.45) is 0 Å². The monoisotopic (exact) mass is 300 g/mol. The summed E-state index contributed by atoms with van der Waals surface area (Å²) >= 11 is 1.50. The second-order valence-corrected chi connectivity index (χ2v) is 7.51. The molecule has 1 aromatic rings. The van der Waals surface area contributed by atoms with Crippen LogP contribution in [0.25, 0.3) is 0 Å². The van der Waals surface area contributed by atoms with E-state index in [2.05, 4.69) is 11.9 Å². The van der Waals surface area contributed by atoms with Gasteiger partial charge in [-0.3, -0.25) is 0 Å². The summed E-state index contributed by atoms with van der Waals surface area (Å²) in [7, 11) is -3.40. The standard InChI is InChI=1S/C13H20N2O2S2/c1-3-8-15(4-2)19(16,17)13-7-9-18-12(13)10-14-11-5-6-11/h3,7,9,11,14H,1,4-6,8,10H2,2H3. The zero-order valence-corrected chi connectivity index (χ0v) is 12.8. The van der Waals surface area contributed by atoms with E-state index in [1.807, 2.05) is 12.3 Å². The topological polar surface area (TPSA) is 49.4 Å². The van der Waals surface area contributed by atoms with Crippen LogP contribution < -0.4 is 5.32 Å². The Balaban J connectivity index is 2.18. The van der Waals surface area contributed by atoms with E-state index < -0.39 is 10.0 Å². The fraction of sp³-hybridized carbons (Fsp3) is 0.538. The molecule has 1 aliphatic carbocycles. The summed E-state index contributed by atoms with van der Waals surface area (Å²) in [5.74, 6) is 0. The van der Waals surface area contributed by atoms with E-state index in [0.29, 0.717) is 30.6 Å². The van der Waals surface area contributed by atoms with Crippen LogP contribution in [0.5, 0.6) is 0 Å². The summed E-state index contributed by atoms with van der Waals surface area (Å²) in [6, 6.07) is 2.28. The van der Waals surface area contributed by atoms with Crippen LogP contribution in [0.2, 0.25) is 0 Å². The third kappa shape index (κ3) is 3.45. The lowest BCUT2D eigenvalue weighted by molar-refractivity contribution is 0.459. The van der Waals surface area contributed by atoms with Crippen molar-refractivity contribution in [2.45, 2.75) is 37.2 Å². The van der Waals surface area contributed by atoms with E-state index in [1.165, 1.54) is 28.5 Å². The van der Waals surface area contributed by atoms with Crippen LogP contribution in [-0.2, 0) is 16.6 Å². The third-order valence-corrected chi connectivity index (χ3v) is 6.21. The molecule has 4 nitrogen and oxygen atoms in total. The van der Waals surface area contributed by atoms with Gasteiger partial charge in [0.25, 0.3) is 0 Å². The fourth-order valence-electron chi connectivity index (χ4n) is 1.89. The first-order valence-electron chi connectivity index (χ1n) is 6.50. The molecule has 106 valence electrons. The summed E-state index contributed by atoms with van der Waals surface area (Å²) in [6.07, 6.45) is 4.02. The molecular formula is C13H20N2O2S2. The summed E-state index contributed by atoms with van der Waals surface area (Å²) in [5, 5.41) is 5.21. The number of hydrogen-bond acceptors (Lipinski definition) is 4. The number of nitrogens with one attached hydrogen (secondary N) is 1. The van der Waals surface area contributed by atoms with Gasteiger partial charge in [-0.25, -0.2) is 8.42 Å². The largest absolute Gasteiger partial charge is 0.309 e. The Morgan fingerprint density at radius 1 is 1.58 bits per heavy atom. The van der Waals surface area contributed by atoms with E-state index in [9.17, 15) is 8.42 Å². The first-order valence-corrected chi connectivity index (χ1v) is 8.82. The highest BCUT2D eigenvalue weighted by atomic mass is 32.2. The molecule has 19 heavy (non-hydrogen) atoms. The maximum atomic E-state index is 12.6. The van der Waals surface area contributed by atoms with Gasteiger partial charge in [-0.2, -0.15) is 4.31 Å². The second-order valence-electron chi connectivity index (χ2n) is 4.61. The molecule has 1 heterocycles. The smallest absolute Gasteiger partial charge is 0.244 e. The van der Waals surface area contributed by atoms with Gasteiger partial charge < -0.3 is 5.32 Å². The van der Waals surface area contributed by atoms with Crippen LogP contribution in [0.1, 0.15) is 24.6 Å². The lowest BCUT2D eigenvalue weighted by Gasteiger charge is -2.19. The molecule has 1 N–H and O–H groups in total. The molecule has 1 saturated carbocycles. The summed E-state index contributed by atoms with van der Waals surface area (Å²) in [6.45, 7) is 6.91. The van der Waals surface area contributed by atoms with Crippen LogP contribution >= 0.6 is 11.3 Å². The SMILES string of the molecule is C=CCN(CC)S(=O)(=O)c1ccsc1CNC1CC1. The van der Waals surface area contributed by atoms with Crippen LogP contribution in [0.3, 0.4) is 0 Å². The molecule has 0 aromatic carbocycles. The Kier molecular flexibility index (Phi) is 4.78. The van der Waals surface area contributed by atoms with Crippen molar-refractivity contribution < 1.29 is 8.42 Å². The van der Waals surface area contributed by atoms with Gasteiger partial charge in [0, 0.05) is 30.6 Å². The predicted octanol–water partition coefficient (Wildman–Crippen LogP) is 2.20. The van der Waals surface area contributed by atoms with E-state index in [0.717, 1.165) is 4.88 Å². The van der Waals surface area contributed by atoms with Gasteiger partial charge >= 0.3 is 0 Å². The predicted molar refractivity (Wildman–Crippen MR) is 78.8 cm³/mol. The normalized spacial score (nSPS) is 15.9. The summed E-state index contributed by atoms with van der Waals surface area (Å²) < 4.78 is 26.6. The summed E-state index contributed by atoms with van der Waals surface area (Å²) in [5.41, 5.74) is 0. The van der Waals surface area contributed by atoms with E-state index in [-0.39, 0.29) is 0 Å². The van der Waals surface area contributed by atoms with Gasteiger partial charge in [-0.05, 0) is 24.3 Å². The van der Waals surface area contributed by atoms with Crippen molar-refractivity contribution in [2.75, 3.05) is 13.1 Å². The van der Waals surface area contributed by atoms with E-state index >= 15 is 0 Å².